The summed E-state index contributed by atoms with van der Waals surface area (Å²) in [5.41, 5.74) is 6.70. The van der Waals surface area contributed by atoms with Gasteiger partial charge in [0.05, 0.1) is 23.1 Å². The highest BCUT2D eigenvalue weighted by Gasteiger charge is 2.08. The smallest absolute Gasteiger partial charge is 0.0797 e. The SMILES string of the molecule is Cc1ccccc1-n1cc(CN(C)CCc2scnc2C)cn1. The van der Waals surface area contributed by atoms with Gasteiger partial charge in [0.15, 0.2) is 0 Å². The van der Waals surface area contributed by atoms with E-state index in [4.69, 9.17) is 0 Å². The molecule has 0 radical (unpaired) electrons. The van der Waals surface area contributed by atoms with Gasteiger partial charge in [-0.3, -0.25) is 0 Å². The maximum absolute atomic E-state index is 4.51. The molecule has 0 N–H and O–H groups in total. The normalized spacial score (nSPS) is 11.3. The molecule has 0 atom stereocenters. The molecule has 0 unspecified atom stereocenters. The molecule has 2 heterocycles. The van der Waals surface area contributed by atoms with Crippen LogP contribution in [0.15, 0.2) is 42.2 Å². The lowest BCUT2D eigenvalue weighted by molar-refractivity contribution is 0.332. The molecule has 5 heteroatoms. The van der Waals surface area contributed by atoms with Gasteiger partial charge in [-0.15, -0.1) is 11.3 Å². The average molecular weight is 326 g/mol. The van der Waals surface area contributed by atoms with Gasteiger partial charge in [0, 0.05) is 29.7 Å². The molecule has 0 amide bonds. The lowest BCUT2D eigenvalue weighted by Crippen LogP contribution is -2.20. The second-order valence-electron chi connectivity index (χ2n) is 5.93. The van der Waals surface area contributed by atoms with Crippen LogP contribution >= 0.6 is 11.3 Å². The van der Waals surface area contributed by atoms with Crippen molar-refractivity contribution in [2.45, 2.75) is 26.8 Å². The van der Waals surface area contributed by atoms with Crippen molar-refractivity contribution < 1.29 is 0 Å². The molecule has 0 spiro atoms. The van der Waals surface area contributed by atoms with Crippen molar-refractivity contribution in [1.29, 1.82) is 0 Å². The molecule has 23 heavy (non-hydrogen) atoms. The minimum absolute atomic E-state index is 0.906. The van der Waals surface area contributed by atoms with E-state index in [1.165, 1.54) is 16.0 Å². The molecule has 0 aliphatic carbocycles. The summed E-state index contributed by atoms with van der Waals surface area (Å²) in [5, 5.41) is 4.51. The summed E-state index contributed by atoms with van der Waals surface area (Å²) in [7, 11) is 2.15. The minimum Gasteiger partial charge on any atom is -0.302 e. The Balaban J connectivity index is 1.60. The van der Waals surface area contributed by atoms with Crippen molar-refractivity contribution >= 4 is 11.3 Å². The number of benzene rings is 1. The molecule has 3 aromatic rings. The number of hydrogen-bond acceptors (Lipinski definition) is 4. The van der Waals surface area contributed by atoms with E-state index >= 15 is 0 Å². The van der Waals surface area contributed by atoms with Gasteiger partial charge in [0.25, 0.3) is 0 Å². The van der Waals surface area contributed by atoms with Crippen molar-refractivity contribution in [3.05, 3.63) is 63.9 Å². The Bertz CT molecular complexity index is 775. The molecule has 0 saturated heterocycles. The van der Waals surface area contributed by atoms with E-state index in [2.05, 4.69) is 60.3 Å². The van der Waals surface area contributed by atoms with Crippen LogP contribution in [-0.2, 0) is 13.0 Å². The fourth-order valence-corrected chi connectivity index (χ4v) is 3.41. The van der Waals surface area contributed by atoms with Crippen LogP contribution in [0, 0.1) is 13.8 Å². The topological polar surface area (TPSA) is 34.0 Å². The maximum Gasteiger partial charge on any atom is 0.0797 e. The molecule has 120 valence electrons. The number of aryl methyl sites for hydroxylation is 2. The summed E-state index contributed by atoms with van der Waals surface area (Å²) in [5.74, 6) is 0. The van der Waals surface area contributed by atoms with E-state index in [-0.39, 0.29) is 0 Å². The van der Waals surface area contributed by atoms with Crippen molar-refractivity contribution in [3.8, 4) is 5.69 Å². The van der Waals surface area contributed by atoms with Crippen LogP contribution in [0.1, 0.15) is 21.7 Å². The van der Waals surface area contributed by atoms with Gasteiger partial charge in [-0.05, 0) is 38.9 Å². The first-order valence-electron chi connectivity index (χ1n) is 7.80. The summed E-state index contributed by atoms with van der Waals surface area (Å²) in [6.45, 7) is 6.13. The Labute approximate surface area is 141 Å². The van der Waals surface area contributed by atoms with Crippen molar-refractivity contribution in [3.63, 3.8) is 0 Å². The Morgan fingerprint density at radius 3 is 2.78 bits per heavy atom. The molecule has 0 saturated carbocycles. The third-order valence-electron chi connectivity index (χ3n) is 4.02. The largest absolute Gasteiger partial charge is 0.302 e. The first-order chi connectivity index (χ1) is 11.1. The number of para-hydroxylation sites is 1. The molecule has 0 fully saturated rings. The van der Waals surface area contributed by atoms with Crippen LogP contribution in [-0.4, -0.2) is 33.3 Å². The number of likely N-dealkylation sites (N-methyl/N-ethyl adjacent to an activating group) is 1. The van der Waals surface area contributed by atoms with E-state index in [0.717, 1.165) is 30.9 Å². The van der Waals surface area contributed by atoms with E-state index in [0.29, 0.717) is 0 Å². The monoisotopic (exact) mass is 326 g/mol. The molecular formula is C18H22N4S. The van der Waals surface area contributed by atoms with Gasteiger partial charge >= 0.3 is 0 Å². The summed E-state index contributed by atoms with van der Waals surface area (Å²) in [6.07, 6.45) is 5.14. The number of hydrogen-bond donors (Lipinski definition) is 0. The first kappa shape index (κ1) is 15.9. The molecular weight excluding hydrogens is 304 g/mol. The highest BCUT2D eigenvalue weighted by molar-refractivity contribution is 7.09. The molecule has 0 aliphatic rings. The predicted octanol–water partition coefficient (Wildman–Crippen LogP) is 3.62. The standard InChI is InChI=1S/C18H22N4S/c1-14-6-4-5-7-17(14)22-12-16(10-20-22)11-21(3)9-8-18-15(2)19-13-23-18/h4-7,10,12-13H,8-9,11H2,1-3H3. The lowest BCUT2D eigenvalue weighted by Gasteiger charge is -2.15. The van der Waals surface area contributed by atoms with E-state index < -0.39 is 0 Å². The second-order valence-corrected chi connectivity index (χ2v) is 6.87. The van der Waals surface area contributed by atoms with Crippen LogP contribution in [0.4, 0.5) is 0 Å². The third-order valence-corrected chi connectivity index (χ3v) is 5.01. The van der Waals surface area contributed by atoms with Gasteiger partial charge in [0.1, 0.15) is 0 Å². The zero-order chi connectivity index (χ0) is 16.2. The van der Waals surface area contributed by atoms with E-state index in [1.54, 1.807) is 11.3 Å². The zero-order valence-electron chi connectivity index (χ0n) is 13.9. The predicted molar refractivity (Wildman–Crippen MR) is 95.2 cm³/mol. The van der Waals surface area contributed by atoms with Crippen LogP contribution in [0.2, 0.25) is 0 Å². The second kappa shape index (κ2) is 7.06. The van der Waals surface area contributed by atoms with Crippen molar-refractivity contribution in [2.75, 3.05) is 13.6 Å². The number of rotatable bonds is 6. The van der Waals surface area contributed by atoms with Gasteiger partial charge in [-0.1, -0.05) is 18.2 Å². The highest BCUT2D eigenvalue weighted by atomic mass is 32.1. The number of nitrogens with zero attached hydrogens (tertiary/aromatic N) is 4. The summed E-state index contributed by atoms with van der Waals surface area (Å²) in [4.78, 5) is 8.02. The first-order valence-corrected chi connectivity index (χ1v) is 8.68. The van der Waals surface area contributed by atoms with Crippen LogP contribution in [0.25, 0.3) is 5.69 Å². The zero-order valence-corrected chi connectivity index (χ0v) is 14.7. The molecule has 1 aromatic carbocycles. The number of aromatic nitrogens is 3. The van der Waals surface area contributed by atoms with Gasteiger partial charge in [0.2, 0.25) is 0 Å². The molecule has 0 bridgehead atoms. The van der Waals surface area contributed by atoms with Gasteiger partial charge in [-0.2, -0.15) is 5.10 Å². The summed E-state index contributed by atoms with van der Waals surface area (Å²) >= 11 is 1.75. The van der Waals surface area contributed by atoms with Crippen molar-refractivity contribution in [1.82, 2.24) is 19.7 Å². The average Bonchev–Trinajstić information content (AvgIpc) is 3.15. The van der Waals surface area contributed by atoms with Crippen LogP contribution in [0.3, 0.4) is 0 Å². The fraction of sp³-hybridized carbons (Fsp3) is 0.333. The van der Waals surface area contributed by atoms with Crippen molar-refractivity contribution in [2.24, 2.45) is 0 Å². The third kappa shape index (κ3) is 3.86. The van der Waals surface area contributed by atoms with Gasteiger partial charge < -0.3 is 4.90 Å². The van der Waals surface area contributed by atoms with Gasteiger partial charge in [-0.25, -0.2) is 9.67 Å². The lowest BCUT2D eigenvalue weighted by atomic mass is 10.2. The highest BCUT2D eigenvalue weighted by Crippen LogP contribution is 2.15. The molecule has 2 aromatic heterocycles. The number of thiazole rings is 1. The van der Waals surface area contributed by atoms with Crippen LogP contribution < -0.4 is 0 Å². The quantitative estimate of drug-likeness (QED) is 0.694. The molecule has 4 nitrogen and oxygen atoms in total. The van der Waals surface area contributed by atoms with E-state index in [1.807, 2.05) is 22.5 Å². The molecule has 3 rings (SSSR count). The Hall–Kier alpha value is -1.98. The summed E-state index contributed by atoms with van der Waals surface area (Å²) in [6, 6.07) is 8.31. The maximum atomic E-state index is 4.51. The fourth-order valence-electron chi connectivity index (χ4n) is 2.64. The Morgan fingerprint density at radius 1 is 1.22 bits per heavy atom. The van der Waals surface area contributed by atoms with E-state index in [9.17, 15) is 0 Å². The Kier molecular flexibility index (Phi) is 4.88. The Morgan fingerprint density at radius 2 is 2.04 bits per heavy atom. The van der Waals surface area contributed by atoms with Crippen LogP contribution in [0.5, 0.6) is 0 Å². The summed E-state index contributed by atoms with van der Waals surface area (Å²) < 4.78 is 1.96. The molecule has 0 aliphatic heterocycles. The minimum atomic E-state index is 0.906.